The van der Waals surface area contributed by atoms with Gasteiger partial charge in [-0.2, -0.15) is 0 Å². The molecule has 0 aromatic heterocycles. The number of anilines is 2. The number of carbonyl (C=O) groups excluding carboxylic acids is 1. The van der Waals surface area contributed by atoms with E-state index in [1.165, 1.54) is 0 Å². The third-order valence-corrected chi connectivity index (χ3v) is 3.88. The Hall–Kier alpha value is -1.03. The van der Waals surface area contributed by atoms with Gasteiger partial charge in [-0.05, 0) is 60.8 Å². The lowest BCUT2D eigenvalue weighted by molar-refractivity contribution is -0.120. The first-order chi connectivity index (χ1) is 8.40. The van der Waals surface area contributed by atoms with Crippen molar-refractivity contribution < 1.29 is 4.79 Å². The standard InChI is InChI=1S/C14H19BrN2O/c1-9(2)16-12-5-4-10(8-11(12)15)17-13(18)14(3)6-7-14/h4-5,8-9,16H,6-7H2,1-3H3,(H,17,18). The molecular weight excluding hydrogens is 292 g/mol. The average molecular weight is 311 g/mol. The van der Waals surface area contributed by atoms with Crippen LogP contribution in [-0.2, 0) is 4.79 Å². The molecule has 0 atom stereocenters. The Kier molecular flexibility index (Phi) is 3.66. The third kappa shape index (κ3) is 3.05. The number of halogens is 1. The molecule has 0 spiro atoms. The van der Waals surface area contributed by atoms with E-state index in [9.17, 15) is 4.79 Å². The Morgan fingerprint density at radius 1 is 1.39 bits per heavy atom. The van der Waals surface area contributed by atoms with Crippen molar-refractivity contribution in [1.29, 1.82) is 0 Å². The summed E-state index contributed by atoms with van der Waals surface area (Å²) in [5, 5.41) is 6.31. The topological polar surface area (TPSA) is 41.1 Å². The summed E-state index contributed by atoms with van der Waals surface area (Å²) in [6.07, 6.45) is 1.99. The van der Waals surface area contributed by atoms with Crippen molar-refractivity contribution in [2.45, 2.75) is 39.7 Å². The van der Waals surface area contributed by atoms with Crippen LogP contribution in [0.4, 0.5) is 11.4 Å². The number of carbonyl (C=O) groups is 1. The third-order valence-electron chi connectivity index (χ3n) is 3.22. The molecule has 0 saturated heterocycles. The van der Waals surface area contributed by atoms with E-state index >= 15 is 0 Å². The molecule has 98 valence electrons. The van der Waals surface area contributed by atoms with Crippen LogP contribution in [0.15, 0.2) is 22.7 Å². The van der Waals surface area contributed by atoms with Crippen LogP contribution in [0.5, 0.6) is 0 Å². The van der Waals surface area contributed by atoms with Crippen LogP contribution in [-0.4, -0.2) is 11.9 Å². The Morgan fingerprint density at radius 2 is 2.06 bits per heavy atom. The molecule has 1 amide bonds. The van der Waals surface area contributed by atoms with Gasteiger partial charge >= 0.3 is 0 Å². The zero-order valence-corrected chi connectivity index (χ0v) is 12.6. The first kappa shape index (κ1) is 13.4. The Balaban J connectivity index is 2.06. The average Bonchev–Trinajstić information content (AvgIpc) is 3.01. The SMILES string of the molecule is CC(C)Nc1ccc(NC(=O)C2(C)CC2)cc1Br. The number of rotatable bonds is 4. The molecule has 2 rings (SSSR count). The van der Waals surface area contributed by atoms with Gasteiger partial charge in [0.15, 0.2) is 0 Å². The lowest BCUT2D eigenvalue weighted by Crippen LogP contribution is -2.21. The summed E-state index contributed by atoms with van der Waals surface area (Å²) in [6.45, 7) is 6.19. The highest BCUT2D eigenvalue weighted by atomic mass is 79.9. The molecule has 1 aliphatic rings. The van der Waals surface area contributed by atoms with Gasteiger partial charge in [-0.1, -0.05) is 6.92 Å². The predicted molar refractivity (Wildman–Crippen MR) is 78.9 cm³/mol. The summed E-state index contributed by atoms with van der Waals surface area (Å²) >= 11 is 3.52. The van der Waals surface area contributed by atoms with Crippen LogP contribution < -0.4 is 10.6 Å². The van der Waals surface area contributed by atoms with Gasteiger partial charge in [-0.15, -0.1) is 0 Å². The number of hydrogen-bond acceptors (Lipinski definition) is 2. The van der Waals surface area contributed by atoms with Crippen LogP contribution in [0.3, 0.4) is 0 Å². The summed E-state index contributed by atoms with van der Waals surface area (Å²) in [5.41, 5.74) is 1.75. The van der Waals surface area contributed by atoms with E-state index in [0.29, 0.717) is 6.04 Å². The number of hydrogen-bond donors (Lipinski definition) is 2. The van der Waals surface area contributed by atoms with E-state index < -0.39 is 0 Å². The van der Waals surface area contributed by atoms with Crippen molar-refractivity contribution in [2.24, 2.45) is 5.41 Å². The lowest BCUT2D eigenvalue weighted by Gasteiger charge is -2.14. The number of benzene rings is 1. The maximum Gasteiger partial charge on any atom is 0.230 e. The van der Waals surface area contributed by atoms with E-state index in [-0.39, 0.29) is 11.3 Å². The van der Waals surface area contributed by atoms with Crippen molar-refractivity contribution in [3.05, 3.63) is 22.7 Å². The molecule has 2 N–H and O–H groups in total. The van der Waals surface area contributed by atoms with Crippen LogP contribution in [0.25, 0.3) is 0 Å². The fourth-order valence-electron chi connectivity index (χ4n) is 1.72. The summed E-state index contributed by atoms with van der Waals surface area (Å²) in [7, 11) is 0. The minimum absolute atomic E-state index is 0.124. The normalized spacial score (nSPS) is 16.5. The second-order valence-electron chi connectivity index (χ2n) is 5.51. The predicted octanol–water partition coefficient (Wildman–Crippen LogP) is 4.01. The molecule has 1 saturated carbocycles. The fraction of sp³-hybridized carbons (Fsp3) is 0.500. The highest BCUT2D eigenvalue weighted by Gasteiger charge is 2.44. The van der Waals surface area contributed by atoms with Crippen molar-refractivity contribution in [2.75, 3.05) is 10.6 Å². The van der Waals surface area contributed by atoms with Crippen LogP contribution in [0, 0.1) is 5.41 Å². The van der Waals surface area contributed by atoms with Crippen LogP contribution in [0.2, 0.25) is 0 Å². The van der Waals surface area contributed by atoms with Crippen LogP contribution in [0.1, 0.15) is 33.6 Å². The first-order valence-electron chi connectivity index (χ1n) is 6.28. The molecule has 0 heterocycles. The summed E-state index contributed by atoms with van der Waals surface area (Å²) in [4.78, 5) is 11.9. The molecule has 0 aliphatic heterocycles. The summed E-state index contributed by atoms with van der Waals surface area (Å²) < 4.78 is 0.968. The molecule has 4 heteroatoms. The first-order valence-corrected chi connectivity index (χ1v) is 7.07. The Bertz CT molecular complexity index is 467. The van der Waals surface area contributed by atoms with E-state index in [4.69, 9.17) is 0 Å². The quantitative estimate of drug-likeness (QED) is 0.882. The van der Waals surface area contributed by atoms with E-state index in [2.05, 4.69) is 40.4 Å². The maximum atomic E-state index is 11.9. The van der Waals surface area contributed by atoms with Crippen molar-refractivity contribution in [1.82, 2.24) is 0 Å². The zero-order chi connectivity index (χ0) is 13.3. The smallest absolute Gasteiger partial charge is 0.230 e. The molecule has 0 unspecified atom stereocenters. The minimum atomic E-state index is -0.138. The second kappa shape index (κ2) is 4.92. The van der Waals surface area contributed by atoms with E-state index in [1.54, 1.807) is 0 Å². The number of nitrogens with one attached hydrogen (secondary N) is 2. The lowest BCUT2D eigenvalue weighted by atomic mass is 10.1. The molecule has 0 bridgehead atoms. The van der Waals surface area contributed by atoms with E-state index in [0.717, 1.165) is 28.7 Å². The van der Waals surface area contributed by atoms with Crippen molar-refractivity contribution in [3.8, 4) is 0 Å². The van der Waals surface area contributed by atoms with Gasteiger partial charge < -0.3 is 10.6 Å². The molecule has 1 aromatic carbocycles. The van der Waals surface area contributed by atoms with Gasteiger partial charge in [0.1, 0.15) is 0 Å². The molecule has 1 aromatic rings. The minimum Gasteiger partial charge on any atom is -0.382 e. The maximum absolute atomic E-state index is 11.9. The van der Waals surface area contributed by atoms with E-state index in [1.807, 2.05) is 25.1 Å². The molecule has 3 nitrogen and oxygen atoms in total. The molecular formula is C14H19BrN2O. The summed E-state index contributed by atoms with van der Waals surface area (Å²) in [6, 6.07) is 6.23. The van der Waals surface area contributed by atoms with Gasteiger partial charge in [0, 0.05) is 27.3 Å². The molecule has 0 radical (unpaired) electrons. The zero-order valence-electron chi connectivity index (χ0n) is 11.0. The largest absolute Gasteiger partial charge is 0.382 e. The van der Waals surface area contributed by atoms with Gasteiger partial charge in [-0.25, -0.2) is 0 Å². The highest BCUT2D eigenvalue weighted by Crippen LogP contribution is 2.45. The second-order valence-corrected chi connectivity index (χ2v) is 6.36. The van der Waals surface area contributed by atoms with Crippen LogP contribution >= 0.6 is 15.9 Å². The molecule has 1 aliphatic carbocycles. The monoisotopic (exact) mass is 310 g/mol. The molecule has 18 heavy (non-hydrogen) atoms. The van der Waals surface area contributed by atoms with Crippen molar-refractivity contribution >= 4 is 33.2 Å². The van der Waals surface area contributed by atoms with Gasteiger partial charge in [0.05, 0.1) is 0 Å². The van der Waals surface area contributed by atoms with Gasteiger partial charge in [-0.3, -0.25) is 4.79 Å². The summed E-state index contributed by atoms with van der Waals surface area (Å²) in [5.74, 6) is 0.124. The highest BCUT2D eigenvalue weighted by molar-refractivity contribution is 9.10. The fourth-order valence-corrected chi connectivity index (χ4v) is 2.21. The molecule has 1 fully saturated rings. The van der Waals surface area contributed by atoms with Gasteiger partial charge in [0.2, 0.25) is 5.91 Å². The Labute approximate surface area is 116 Å². The van der Waals surface area contributed by atoms with Gasteiger partial charge in [0.25, 0.3) is 0 Å². The Morgan fingerprint density at radius 3 is 2.56 bits per heavy atom. The number of amides is 1. The van der Waals surface area contributed by atoms with Crippen molar-refractivity contribution in [3.63, 3.8) is 0 Å².